The molecule has 2 rings (SSSR count). The quantitative estimate of drug-likeness (QED) is 0.906. The molecule has 0 saturated carbocycles. The van der Waals surface area contributed by atoms with Crippen molar-refractivity contribution in [3.63, 3.8) is 0 Å². The number of piperidine rings is 1. The van der Waals surface area contributed by atoms with Gasteiger partial charge in [0.1, 0.15) is 0 Å². The normalized spacial score (nSPS) is 22.6. The van der Waals surface area contributed by atoms with Crippen LogP contribution in [0.3, 0.4) is 0 Å². The summed E-state index contributed by atoms with van der Waals surface area (Å²) < 4.78 is 1.20. The zero-order valence-corrected chi connectivity index (χ0v) is 13.8. The van der Waals surface area contributed by atoms with Gasteiger partial charge in [-0.1, -0.05) is 22.0 Å². The van der Waals surface area contributed by atoms with Gasteiger partial charge in [0.2, 0.25) is 0 Å². The third-order valence-corrected chi connectivity index (χ3v) is 5.18. The van der Waals surface area contributed by atoms with Gasteiger partial charge in [0.05, 0.1) is 0 Å². The summed E-state index contributed by atoms with van der Waals surface area (Å²) in [5.74, 6) is 0.783. The highest BCUT2D eigenvalue weighted by Crippen LogP contribution is 2.37. The number of hydrogen-bond acceptors (Lipinski definition) is 2. The Kier molecular flexibility index (Phi) is 4.57. The second-order valence-electron chi connectivity index (χ2n) is 6.33. The van der Waals surface area contributed by atoms with Crippen LogP contribution in [0.15, 0.2) is 22.7 Å². The summed E-state index contributed by atoms with van der Waals surface area (Å²) >= 11 is 3.64. The maximum Gasteiger partial charge on any atom is 0.0382 e. The number of nitrogens with two attached hydrogens (primary N) is 1. The lowest BCUT2D eigenvalue weighted by molar-refractivity contribution is 0.264. The Hall–Kier alpha value is -0.540. The standard InChI is InChI=1S/C16H25BrN2/c1-12-4-5-14(10-15(12)17)19-9-7-13(6-8-18)11-16(19,2)3/h4-5,10,13H,6-9,11,18H2,1-3H3. The molecule has 0 bridgehead atoms. The minimum atomic E-state index is 0.215. The lowest BCUT2D eigenvalue weighted by atomic mass is 9.80. The number of halogens is 1. The van der Waals surface area contributed by atoms with Crippen LogP contribution < -0.4 is 10.6 Å². The van der Waals surface area contributed by atoms with Crippen molar-refractivity contribution in [3.8, 4) is 0 Å². The maximum absolute atomic E-state index is 5.71. The summed E-state index contributed by atoms with van der Waals surface area (Å²) in [6.07, 6.45) is 3.65. The SMILES string of the molecule is Cc1ccc(N2CCC(CCN)CC2(C)C)cc1Br. The van der Waals surface area contributed by atoms with E-state index in [9.17, 15) is 0 Å². The van der Waals surface area contributed by atoms with Crippen molar-refractivity contribution >= 4 is 21.6 Å². The van der Waals surface area contributed by atoms with E-state index in [2.05, 4.69) is 59.8 Å². The van der Waals surface area contributed by atoms with Crippen LogP contribution in [0.5, 0.6) is 0 Å². The summed E-state index contributed by atoms with van der Waals surface area (Å²) in [7, 11) is 0. The van der Waals surface area contributed by atoms with Crippen molar-refractivity contribution < 1.29 is 0 Å². The highest BCUT2D eigenvalue weighted by molar-refractivity contribution is 9.10. The molecular weight excluding hydrogens is 300 g/mol. The Morgan fingerprint density at radius 3 is 2.74 bits per heavy atom. The molecule has 3 heteroatoms. The molecule has 1 heterocycles. The molecule has 1 fully saturated rings. The molecule has 1 unspecified atom stereocenters. The first-order chi connectivity index (χ1) is 8.94. The Morgan fingerprint density at radius 1 is 1.42 bits per heavy atom. The molecular formula is C16H25BrN2. The van der Waals surface area contributed by atoms with Gasteiger partial charge in [-0.15, -0.1) is 0 Å². The average molecular weight is 325 g/mol. The third kappa shape index (κ3) is 3.32. The second-order valence-corrected chi connectivity index (χ2v) is 7.19. The predicted octanol–water partition coefficient (Wildman–Crippen LogP) is 4.10. The molecule has 0 amide bonds. The van der Waals surface area contributed by atoms with Gasteiger partial charge < -0.3 is 10.6 Å². The maximum atomic E-state index is 5.71. The number of benzene rings is 1. The van der Waals surface area contributed by atoms with E-state index in [1.165, 1.54) is 28.6 Å². The largest absolute Gasteiger partial charge is 0.366 e. The highest BCUT2D eigenvalue weighted by Gasteiger charge is 2.34. The van der Waals surface area contributed by atoms with Crippen molar-refractivity contribution in [2.75, 3.05) is 18.0 Å². The summed E-state index contributed by atoms with van der Waals surface area (Å²) in [4.78, 5) is 2.55. The average Bonchev–Trinajstić information content (AvgIpc) is 2.32. The van der Waals surface area contributed by atoms with Gasteiger partial charge in [0.25, 0.3) is 0 Å². The van der Waals surface area contributed by atoms with Crippen molar-refractivity contribution in [1.29, 1.82) is 0 Å². The lowest BCUT2D eigenvalue weighted by Crippen LogP contribution is -2.50. The van der Waals surface area contributed by atoms with Crippen LogP contribution in [0.1, 0.15) is 38.7 Å². The summed E-state index contributed by atoms with van der Waals surface area (Å²) in [5.41, 5.74) is 8.54. The van der Waals surface area contributed by atoms with Crippen LogP contribution in [-0.4, -0.2) is 18.6 Å². The summed E-state index contributed by atoms with van der Waals surface area (Å²) in [6.45, 7) is 8.78. The number of hydrogen-bond donors (Lipinski definition) is 1. The molecule has 1 saturated heterocycles. The van der Waals surface area contributed by atoms with E-state index in [-0.39, 0.29) is 5.54 Å². The van der Waals surface area contributed by atoms with Crippen molar-refractivity contribution in [2.24, 2.45) is 11.7 Å². The Morgan fingerprint density at radius 2 is 2.16 bits per heavy atom. The molecule has 0 radical (unpaired) electrons. The van der Waals surface area contributed by atoms with Gasteiger partial charge in [-0.3, -0.25) is 0 Å². The minimum Gasteiger partial charge on any atom is -0.366 e. The number of anilines is 1. The molecule has 1 atom stereocenters. The Balaban J connectivity index is 2.18. The van der Waals surface area contributed by atoms with Crippen LogP contribution >= 0.6 is 15.9 Å². The Bertz CT molecular complexity index is 442. The molecule has 2 nitrogen and oxygen atoms in total. The molecule has 0 aliphatic carbocycles. The van der Waals surface area contributed by atoms with E-state index in [4.69, 9.17) is 5.73 Å². The number of nitrogens with zero attached hydrogens (tertiary/aromatic N) is 1. The van der Waals surface area contributed by atoms with Gasteiger partial charge in [-0.25, -0.2) is 0 Å². The molecule has 1 aromatic carbocycles. The van der Waals surface area contributed by atoms with Gasteiger partial charge in [-0.05, 0) is 70.2 Å². The van der Waals surface area contributed by atoms with Gasteiger partial charge >= 0.3 is 0 Å². The van der Waals surface area contributed by atoms with Crippen LogP contribution in [0.2, 0.25) is 0 Å². The topological polar surface area (TPSA) is 29.3 Å². The van der Waals surface area contributed by atoms with Crippen LogP contribution in [0.25, 0.3) is 0 Å². The fraction of sp³-hybridized carbons (Fsp3) is 0.625. The highest BCUT2D eigenvalue weighted by atomic mass is 79.9. The van der Waals surface area contributed by atoms with E-state index in [1.54, 1.807) is 0 Å². The predicted molar refractivity (Wildman–Crippen MR) is 86.7 cm³/mol. The van der Waals surface area contributed by atoms with E-state index < -0.39 is 0 Å². The number of aryl methyl sites for hydroxylation is 1. The van der Waals surface area contributed by atoms with Crippen molar-refractivity contribution in [1.82, 2.24) is 0 Å². The monoisotopic (exact) mass is 324 g/mol. The van der Waals surface area contributed by atoms with Crippen molar-refractivity contribution in [3.05, 3.63) is 28.2 Å². The smallest absolute Gasteiger partial charge is 0.0382 e. The van der Waals surface area contributed by atoms with Gasteiger partial charge in [0.15, 0.2) is 0 Å². The van der Waals surface area contributed by atoms with E-state index in [1.807, 2.05) is 0 Å². The first kappa shape index (κ1) is 14.9. The van der Waals surface area contributed by atoms with Gasteiger partial charge in [0, 0.05) is 22.2 Å². The zero-order valence-electron chi connectivity index (χ0n) is 12.2. The summed E-state index contributed by atoms with van der Waals surface area (Å²) in [6, 6.07) is 6.69. The Labute approximate surface area is 125 Å². The molecule has 106 valence electrons. The third-order valence-electron chi connectivity index (χ3n) is 4.32. The first-order valence-electron chi connectivity index (χ1n) is 7.18. The molecule has 1 aliphatic rings. The van der Waals surface area contributed by atoms with Crippen LogP contribution in [-0.2, 0) is 0 Å². The molecule has 19 heavy (non-hydrogen) atoms. The minimum absolute atomic E-state index is 0.215. The van der Waals surface area contributed by atoms with Crippen LogP contribution in [0.4, 0.5) is 5.69 Å². The zero-order chi connectivity index (χ0) is 14.0. The van der Waals surface area contributed by atoms with Crippen LogP contribution in [0, 0.1) is 12.8 Å². The van der Waals surface area contributed by atoms with Gasteiger partial charge in [-0.2, -0.15) is 0 Å². The van der Waals surface area contributed by atoms with Crippen molar-refractivity contribution in [2.45, 2.75) is 45.6 Å². The van der Waals surface area contributed by atoms with E-state index in [0.29, 0.717) is 0 Å². The molecule has 2 N–H and O–H groups in total. The molecule has 1 aliphatic heterocycles. The van der Waals surface area contributed by atoms with E-state index >= 15 is 0 Å². The summed E-state index contributed by atoms with van der Waals surface area (Å²) in [5, 5.41) is 0. The molecule has 0 aromatic heterocycles. The second kappa shape index (κ2) is 5.84. The molecule has 1 aromatic rings. The fourth-order valence-electron chi connectivity index (χ4n) is 3.24. The number of rotatable bonds is 3. The van der Waals surface area contributed by atoms with E-state index in [0.717, 1.165) is 25.4 Å². The fourth-order valence-corrected chi connectivity index (χ4v) is 3.61. The lowest BCUT2D eigenvalue weighted by Gasteiger charge is -2.47. The first-order valence-corrected chi connectivity index (χ1v) is 7.97. The molecule has 0 spiro atoms.